The minimum Gasteiger partial charge on any atom is -0.466 e. The first-order chi connectivity index (χ1) is 11.2. The molecule has 1 N–H and O–H groups in total. The van der Waals surface area contributed by atoms with E-state index in [1.165, 1.54) is 16.8 Å². The molecule has 5 nitrogen and oxygen atoms in total. The summed E-state index contributed by atoms with van der Waals surface area (Å²) in [4.78, 5) is 14.2. The number of hydrogen-bond acceptors (Lipinski definition) is 5. The van der Waals surface area contributed by atoms with Gasteiger partial charge in [0.15, 0.2) is 0 Å². The molecule has 2 atom stereocenters. The van der Waals surface area contributed by atoms with Crippen molar-refractivity contribution in [1.82, 2.24) is 4.90 Å². The van der Waals surface area contributed by atoms with Crippen molar-refractivity contribution in [2.75, 3.05) is 32.1 Å². The number of rotatable bonds is 6. The molecule has 0 saturated carbocycles. The summed E-state index contributed by atoms with van der Waals surface area (Å²) in [6.07, 6.45) is 2.61. The normalized spacial score (nSPS) is 23.6. The van der Waals surface area contributed by atoms with Gasteiger partial charge in [0.25, 0.3) is 0 Å². The molecule has 2 aliphatic heterocycles. The molecule has 1 aromatic rings. The minimum atomic E-state index is -0.115. The minimum absolute atomic E-state index is 0.115. The van der Waals surface area contributed by atoms with Crippen LogP contribution in [0.4, 0.5) is 5.69 Å². The van der Waals surface area contributed by atoms with E-state index in [0.717, 1.165) is 32.5 Å². The summed E-state index contributed by atoms with van der Waals surface area (Å²) < 4.78 is 10.7. The van der Waals surface area contributed by atoms with Gasteiger partial charge in [0.1, 0.15) is 0 Å². The molecule has 0 aliphatic carbocycles. The molecule has 0 radical (unpaired) electrons. The third-order valence-electron chi connectivity index (χ3n) is 4.84. The maximum atomic E-state index is 11.9. The van der Waals surface area contributed by atoms with E-state index >= 15 is 0 Å². The third kappa shape index (κ3) is 3.67. The largest absolute Gasteiger partial charge is 0.466 e. The summed E-state index contributed by atoms with van der Waals surface area (Å²) in [5.74, 6) is -0.115. The number of nitrogens with one attached hydrogen (secondary N) is 1. The van der Waals surface area contributed by atoms with Crippen molar-refractivity contribution >= 4 is 11.7 Å². The molecule has 23 heavy (non-hydrogen) atoms. The van der Waals surface area contributed by atoms with Crippen molar-refractivity contribution in [2.24, 2.45) is 0 Å². The fourth-order valence-corrected chi connectivity index (χ4v) is 3.69. The summed E-state index contributed by atoms with van der Waals surface area (Å²) in [5.41, 5.74) is 3.99. The maximum absolute atomic E-state index is 11.9. The predicted octanol–water partition coefficient (Wildman–Crippen LogP) is 2.20. The Balaban J connectivity index is 1.71. The molecule has 5 heteroatoms. The van der Waals surface area contributed by atoms with Crippen molar-refractivity contribution in [3.05, 3.63) is 29.3 Å². The number of likely N-dealkylation sites (tertiary alicyclic amines) is 1. The average molecular weight is 318 g/mol. The Morgan fingerprint density at radius 1 is 1.43 bits per heavy atom. The van der Waals surface area contributed by atoms with E-state index < -0.39 is 0 Å². The number of carbonyl (C=O) groups excluding carboxylic acids is 1. The Morgan fingerprint density at radius 3 is 3.09 bits per heavy atom. The number of nitrogens with zero attached hydrogens (tertiary/aromatic N) is 1. The Morgan fingerprint density at radius 2 is 2.30 bits per heavy atom. The first-order valence-electron chi connectivity index (χ1n) is 8.48. The van der Waals surface area contributed by atoms with Crippen LogP contribution in [0.1, 0.15) is 30.9 Å². The number of hydrogen-bond donors (Lipinski definition) is 1. The Labute approximate surface area is 137 Å². The smallest absolute Gasteiger partial charge is 0.307 e. The standard InChI is InChI=1S/C18H26N2O3/c1-3-23-17(21)10-15-9-16(22-2)12-20(15)11-14-6-4-5-13-7-8-19-18(13)14/h4-6,15-16,19H,3,7-12H2,1-2H3. The van der Waals surface area contributed by atoms with Gasteiger partial charge in [0.2, 0.25) is 0 Å². The number of carbonyl (C=O) groups is 1. The zero-order valence-electron chi connectivity index (χ0n) is 14.0. The second-order valence-electron chi connectivity index (χ2n) is 6.31. The summed E-state index contributed by atoms with van der Waals surface area (Å²) in [7, 11) is 1.75. The average Bonchev–Trinajstić information content (AvgIpc) is 3.15. The SMILES string of the molecule is CCOC(=O)CC1CC(OC)CN1Cc1cccc2c1NCC2. The van der Waals surface area contributed by atoms with Crippen LogP contribution in [0.2, 0.25) is 0 Å². The topological polar surface area (TPSA) is 50.8 Å². The zero-order valence-corrected chi connectivity index (χ0v) is 14.0. The number of ether oxygens (including phenoxy) is 2. The second-order valence-corrected chi connectivity index (χ2v) is 6.31. The Bertz CT molecular complexity index is 561. The van der Waals surface area contributed by atoms with Crippen molar-refractivity contribution < 1.29 is 14.3 Å². The number of methoxy groups -OCH3 is 1. The number of anilines is 1. The summed E-state index contributed by atoms with van der Waals surface area (Å²) in [6.45, 7) is 5.01. The van der Waals surface area contributed by atoms with Gasteiger partial charge in [-0.3, -0.25) is 9.69 Å². The Hall–Kier alpha value is -1.59. The fraction of sp³-hybridized carbons (Fsp3) is 0.611. The van der Waals surface area contributed by atoms with Gasteiger partial charge < -0.3 is 14.8 Å². The highest BCUT2D eigenvalue weighted by molar-refractivity contribution is 5.70. The molecular formula is C18H26N2O3. The maximum Gasteiger partial charge on any atom is 0.307 e. The molecule has 0 spiro atoms. The highest BCUT2D eigenvalue weighted by Crippen LogP contribution is 2.31. The summed E-state index contributed by atoms with van der Waals surface area (Å²) >= 11 is 0. The quantitative estimate of drug-likeness (QED) is 0.815. The van der Waals surface area contributed by atoms with E-state index in [9.17, 15) is 4.79 Å². The molecule has 2 aliphatic rings. The summed E-state index contributed by atoms with van der Waals surface area (Å²) in [5, 5.41) is 3.49. The van der Waals surface area contributed by atoms with Crippen LogP contribution in [-0.2, 0) is 27.2 Å². The monoisotopic (exact) mass is 318 g/mol. The van der Waals surface area contributed by atoms with Gasteiger partial charge in [-0.15, -0.1) is 0 Å². The zero-order chi connectivity index (χ0) is 16.2. The molecule has 1 aromatic carbocycles. The number of fused-ring (bicyclic) bond motifs is 1. The van der Waals surface area contributed by atoms with Crippen LogP contribution < -0.4 is 5.32 Å². The van der Waals surface area contributed by atoms with Crippen molar-refractivity contribution in [3.8, 4) is 0 Å². The number of para-hydroxylation sites is 1. The van der Waals surface area contributed by atoms with Gasteiger partial charge in [-0.1, -0.05) is 18.2 Å². The van der Waals surface area contributed by atoms with Crippen molar-refractivity contribution in [3.63, 3.8) is 0 Å². The van der Waals surface area contributed by atoms with Crippen LogP contribution in [0.25, 0.3) is 0 Å². The first kappa shape index (κ1) is 16.3. The van der Waals surface area contributed by atoms with E-state index in [0.29, 0.717) is 13.0 Å². The van der Waals surface area contributed by atoms with Crippen LogP contribution in [0.15, 0.2) is 18.2 Å². The lowest BCUT2D eigenvalue weighted by Crippen LogP contribution is -2.32. The molecule has 3 rings (SSSR count). The van der Waals surface area contributed by atoms with E-state index in [2.05, 4.69) is 28.4 Å². The molecule has 0 bridgehead atoms. The Kier molecular flexibility index (Phi) is 5.18. The third-order valence-corrected chi connectivity index (χ3v) is 4.84. The van der Waals surface area contributed by atoms with Gasteiger partial charge in [0, 0.05) is 38.5 Å². The molecule has 0 amide bonds. The van der Waals surface area contributed by atoms with E-state index in [-0.39, 0.29) is 18.1 Å². The van der Waals surface area contributed by atoms with Gasteiger partial charge in [0.05, 0.1) is 19.1 Å². The van der Waals surface area contributed by atoms with Crippen LogP contribution in [0.3, 0.4) is 0 Å². The fourth-order valence-electron chi connectivity index (χ4n) is 3.69. The van der Waals surface area contributed by atoms with Gasteiger partial charge in [-0.2, -0.15) is 0 Å². The van der Waals surface area contributed by atoms with Crippen LogP contribution in [-0.4, -0.2) is 49.8 Å². The van der Waals surface area contributed by atoms with Crippen LogP contribution in [0.5, 0.6) is 0 Å². The molecular weight excluding hydrogens is 292 g/mol. The lowest BCUT2D eigenvalue weighted by molar-refractivity contribution is -0.144. The molecule has 0 aromatic heterocycles. The predicted molar refractivity (Wildman–Crippen MR) is 89.5 cm³/mol. The van der Waals surface area contributed by atoms with Crippen molar-refractivity contribution in [2.45, 2.75) is 44.9 Å². The number of benzene rings is 1. The van der Waals surface area contributed by atoms with Crippen LogP contribution in [0, 0.1) is 0 Å². The molecule has 1 saturated heterocycles. The highest BCUT2D eigenvalue weighted by Gasteiger charge is 2.34. The van der Waals surface area contributed by atoms with E-state index in [1.807, 2.05) is 6.92 Å². The van der Waals surface area contributed by atoms with E-state index in [4.69, 9.17) is 9.47 Å². The molecule has 2 heterocycles. The molecule has 2 unspecified atom stereocenters. The van der Waals surface area contributed by atoms with Gasteiger partial charge in [-0.25, -0.2) is 0 Å². The first-order valence-corrected chi connectivity index (χ1v) is 8.48. The molecule has 1 fully saturated rings. The van der Waals surface area contributed by atoms with Crippen LogP contribution >= 0.6 is 0 Å². The van der Waals surface area contributed by atoms with Crippen molar-refractivity contribution in [1.29, 1.82) is 0 Å². The van der Waals surface area contributed by atoms with Gasteiger partial charge >= 0.3 is 5.97 Å². The number of esters is 1. The molecule has 126 valence electrons. The summed E-state index contributed by atoms with van der Waals surface area (Å²) in [6, 6.07) is 6.69. The van der Waals surface area contributed by atoms with E-state index in [1.54, 1.807) is 7.11 Å². The highest BCUT2D eigenvalue weighted by atomic mass is 16.5. The lowest BCUT2D eigenvalue weighted by atomic mass is 10.1. The van der Waals surface area contributed by atoms with Gasteiger partial charge in [-0.05, 0) is 30.9 Å². The lowest BCUT2D eigenvalue weighted by Gasteiger charge is -2.24. The second kappa shape index (κ2) is 7.32.